The van der Waals surface area contributed by atoms with E-state index in [9.17, 15) is 19.7 Å². The molecule has 0 spiro atoms. The lowest BCUT2D eigenvalue weighted by Crippen LogP contribution is -2.28. The smallest absolute Gasteiger partial charge is 0.293 e. The predicted molar refractivity (Wildman–Crippen MR) is 88.2 cm³/mol. The predicted octanol–water partition coefficient (Wildman–Crippen LogP) is 2.03. The summed E-state index contributed by atoms with van der Waals surface area (Å²) in [7, 11) is 0. The van der Waals surface area contributed by atoms with Gasteiger partial charge in [0.2, 0.25) is 0 Å². The number of aromatic nitrogens is 1. The quantitative estimate of drug-likeness (QED) is 0.348. The average Bonchev–Trinajstić information content (AvgIpc) is 2.59. The molecular weight excluding hydrogens is 312 g/mol. The summed E-state index contributed by atoms with van der Waals surface area (Å²) >= 11 is 0. The van der Waals surface area contributed by atoms with Crippen LogP contribution in [0.4, 0.5) is 11.4 Å². The van der Waals surface area contributed by atoms with Crippen LogP contribution in [-0.2, 0) is 0 Å². The van der Waals surface area contributed by atoms with Crippen LogP contribution in [0.25, 0.3) is 0 Å². The Labute approximate surface area is 138 Å². The molecule has 0 aliphatic rings. The first-order valence-electron chi connectivity index (χ1n) is 7.20. The van der Waals surface area contributed by atoms with Gasteiger partial charge in [-0.15, -0.1) is 0 Å². The minimum absolute atomic E-state index is 0.179. The highest BCUT2D eigenvalue weighted by molar-refractivity contribution is 5.95. The van der Waals surface area contributed by atoms with Crippen LogP contribution in [0.5, 0.6) is 0 Å². The van der Waals surface area contributed by atoms with Crippen molar-refractivity contribution in [3.63, 3.8) is 0 Å². The Morgan fingerprint density at radius 2 is 2.00 bits per heavy atom. The molecule has 0 bridgehead atoms. The lowest BCUT2D eigenvalue weighted by Gasteiger charge is -2.09. The van der Waals surface area contributed by atoms with Gasteiger partial charge >= 0.3 is 0 Å². The van der Waals surface area contributed by atoms with E-state index in [1.54, 1.807) is 18.3 Å². The Morgan fingerprint density at radius 1 is 1.21 bits per heavy atom. The van der Waals surface area contributed by atoms with E-state index < -0.39 is 4.92 Å². The number of nitrogens with one attached hydrogen (secondary N) is 2. The van der Waals surface area contributed by atoms with E-state index in [-0.39, 0.29) is 29.5 Å². The molecule has 0 saturated heterocycles. The lowest BCUT2D eigenvalue weighted by atomic mass is 10.1. The third kappa shape index (κ3) is 4.35. The summed E-state index contributed by atoms with van der Waals surface area (Å²) in [5.74, 6) is -0.514. The number of nitro groups is 1. The van der Waals surface area contributed by atoms with Gasteiger partial charge in [-0.25, -0.2) is 0 Å². The molecular formula is C16H16N4O4. The first-order chi connectivity index (χ1) is 11.5. The van der Waals surface area contributed by atoms with Crippen molar-refractivity contribution in [2.45, 2.75) is 6.92 Å². The molecule has 1 amide bonds. The Balaban J connectivity index is 1.93. The van der Waals surface area contributed by atoms with E-state index in [0.717, 1.165) is 0 Å². The van der Waals surface area contributed by atoms with Crippen LogP contribution in [0.2, 0.25) is 0 Å². The standard InChI is InChI=1S/C16H16N4O4/c1-11(21)12-4-5-14(15(9-12)20(23)24)18-7-8-19-16(22)13-3-2-6-17-10-13/h2-6,9-10,18H,7-8H2,1H3,(H,19,22). The number of benzene rings is 1. The van der Waals surface area contributed by atoms with Crippen molar-refractivity contribution in [3.05, 3.63) is 64.0 Å². The van der Waals surface area contributed by atoms with Gasteiger partial charge in [-0.3, -0.25) is 24.7 Å². The third-order valence-corrected chi connectivity index (χ3v) is 3.25. The number of carbonyl (C=O) groups excluding carboxylic acids is 2. The summed E-state index contributed by atoms with van der Waals surface area (Å²) in [6, 6.07) is 7.54. The molecule has 1 aromatic carbocycles. The molecule has 0 radical (unpaired) electrons. The van der Waals surface area contributed by atoms with E-state index in [0.29, 0.717) is 17.8 Å². The summed E-state index contributed by atoms with van der Waals surface area (Å²) in [6.07, 6.45) is 3.02. The normalized spacial score (nSPS) is 10.0. The van der Waals surface area contributed by atoms with Gasteiger partial charge in [0.15, 0.2) is 5.78 Å². The van der Waals surface area contributed by atoms with Crippen LogP contribution in [0.1, 0.15) is 27.6 Å². The number of carbonyl (C=O) groups is 2. The Kier molecular flexibility index (Phi) is 5.56. The number of hydrogen-bond acceptors (Lipinski definition) is 6. The molecule has 0 fully saturated rings. The summed E-state index contributed by atoms with van der Waals surface area (Å²) in [5, 5.41) is 16.7. The highest BCUT2D eigenvalue weighted by Gasteiger charge is 2.15. The fraction of sp³-hybridized carbons (Fsp3) is 0.188. The molecule has 0 aliphatic carbocycles. The number of pyridine rings is 1. The second kappa shape index (κ2) is 7.82. The second-order valence-corrected chi connectivity index (χ2v) is 4.97. The van der Waals surface area contributed by atoms with E-state index in [1.807, 2.05) is 0 Å². The molecule has 1 aromatic heterocycles. The molecule has 0 atom stereocenters. The molecule has 2 aromatic rings. The fourth-order valence-corrected chi connectivity index (χ4v) is 2.02. The third-order valence-electron chi connectivity index (χ3n) is 3.25. The number of nitro benzene ring substituents is 1. The van der Waals surface area contributed by atoms with Crippen molar-refractivity contribution in [3.8, 4) is 0 Å². The van der Waals surface area contributed by atoms with Crippen molar-refractivity contribution in [2.75, 3.05) is 18.4 Å². The maximum absolute atomic E-state index is 11.8. The molecule has 0 unspecified atom stereocenters. The largest absolute Gasteiger partial charge is 0.378 e. The Bertz CT molecular complexity index is 762. The number of amides is 1. The highest BCUT2D eigenvalue weighted by Crippen LogP contribution is 2.25. The second-order valence-electron chi connectivity index (χ2n) is 4.97. The van der Waals surface area contributed by atoms with Gasteiger partial charge in [-0.05, 0) is 31.2 Å². The van der Waals surface area contributed by atoms with Crippen LogP contribution >= 0.6 is 0 Å². The number of Topliss-reactive ketones (excluding diaryl/α,β-unsaturated/α-hetero) is 1. The summed E-state index contributed by atoms with van der Waals surface area (Å²) in [6.45, 7) is 1.92. The molecule has 1 heterocycles. The van der Waals surface area contributed by atoms with Gasteiger partial charge in [0.1, 0.15) is 5.69 Å². The van der Waals surface area contributed by atoms with Crippen LogP contribution < -0.4 is 10.6 Å². The summed E-state index contributed by atoms with van der Waals surface area (Å²) in [5.41, 5.74) is 0.827. The molecule has 2 N–H and O–H groups in total. The van der Waals surface area contributed by atoms with Crippen molar-refractivity contribution >= 4 is 23.1 Å². The fourth-order valence-electron chi connectivity index (χ4n) is 2.02. The van der Waals surface area contributed by atoms with E-state index >= 15 is 0 Å². The highest BCUT2D eigenvalue weighted by atomic mass is 16.6. The number of hydrogen-bond donors (Lipinski definition) is 2. The van der Waals surface area contributed by atoms with Gasteiger partial charge in [0, 0.05) is 37.1 Å². The Morgan fingerprint density at radius 3 is 2.62 bits per heavy atom. The SMILES string of the molecule is CC(=O)c1ccc(NCCNC(=O)c2cccnc2)c([N+](=O)[O-])c1. The number of ketones is 1. The van der Waals surface area contributed by atoms with Crippen molar-refractivity contribution in [2.24, 2.45) is 0 Å². The minimum atomic E-state index is -0.553. The first kappa shape index (κ1) is 17.1. The van der Waals surface area contributed by atoms with Crippen molar-refractivity contribution in [1.29, 1.82) is 0 Å². The van der Waals surface area contributed by atoms with Crippen LogP contribution in [-0.4, -0.2) is 34.7 Å². The van der Waals surface area contributed by atoms with E-state index in [4.69, 9.17) is 0 Å². The zero-order valence-corrected chi connectivity index (χ0v) is 13.0. The number of rotatable bonds is 7. The summed E-state index contributed by atoms with van der Waals surface area (Å²) in [4.78, 5) is 37.5. The number of anilines is 1. The lowest BCUT2D eigenvalue weighted by molar-refractivity contribution is -0.384. The van der Waals surface area contributed by atoms with Crippen LogP contribution in [0, 0.1) is 10.1 Å². The van der Waals surface area contributed by atoms with Crippen LogP contribution in [0.15, 0.2) is 42.7 Å². The van der Waals surface area contributed by atoms with Crippen molar-refractivity contribution in [1.82, 2.24) is 10.3 Å². The minimum Gasteiger partial charge on any atom is -0.378 e. The zero-order chi connectivity index (χ0) is 17.5. The van der Waals surface area contributed by atoms with Crippen molar-refractivity contribution < 1.29 is 14.5 Å². The van der Waals surface area contributed by atoms with Gasteiger partial charge in [-0.1, -0.05) is 0 Å². The summed E-state index contributed by atoms with van der Waals surface area (Å²) < 4.78 is 0. The molecule has 124 valence electrons. The molecule has 0 aliphatic heterocycles. The maximum Gasteiger partial charge on any atom is 0.293 e. The molecule has 0 saturated carbocycles. The zero-order valence-electron chi connectivity index (χ0n) is 13.0. The first-order valence-corrected chi connectivity index (χ1v) is 7.20. The van der Waals surface area contributed by atoms with Crippen LogP contribution in [0.3, 0.4) is 0 Å². The van der Waals surface area contributed by atoms with E-state index in [2.05, 4.69) is 15.6 Å². The number of nitrogens with zero attached hydrogens (tertiary/aromatic N) is 2. The van der Waals surface area contributed by atoms with Gasteiger partial charge in [0.25, 0.3) is 11.6 Å². The molecule has 24 heavy (non-hydrogen) atoms. The van der Waals surface area contributed by atoms with E-state index in [1.165, 1.54) is 31.3 Å². The van der Waals surface area contributed by atoms with Gasteiger partial charge in [-0.2, -0.15) is 0 Å². The molecule has 8 heteroatoms. The van der Waals surface area contributed by atoms with Gasteiger partial charge < -0.3 is 10.6 Å². The maximum atomic E-state index is 11.8. The molecule has 2 rings (SSSR count). The topological polar surface area (TPSA) is 114 Å². The van der Waals surface area contributed by atoms with Gasteiger partial charge in [0.05, 0.1) is 10.5 Å². The molecule has 8 nitrogen and oxygen atoms in total. The monoisotopic (exact) mass is 328 g/mol. The average molecular weight is 328 g/mol. The Hall–Kier alpha value is -3.29.